The Morgan fingerprint density at radius 1 is 1.00 bits per heavy atom. The van der Waals surface area contributed by atoms with Crippen LogP contribution in [0.1, 0.15) is 52.4 Å². The van der Waals surface area contributed by atoms with Gasteiger partial charge in [0.25, 0.3) is 0 Å². The lowest BCUT2D eigenvalue weighted by Crippen LogP contribution is -2.44. The molecule has 0 aromatic rings. The quantitative estimate of drug-likeness (QED) is 0.694. The first-order valence-electron chi connectivity index (χ1n) is 8.45. The van der Waals surface area contributed by atoms with Crippen LogP contribution in [0.2, 0.25) is 0 Å². The highest BCUT2D eigenvalue weighted by atomic mass is 16.3. The zero-order valence-corrected chi connectivity index (χ0v) is 14.2. The van der Waals surface area contributed by atoms with Gasteiger partial charge in [-0.05, 0) is 32.9 Å². The third kappa shape index (κ3) is 6.55. The average Bonchev–Trinajstić information content (AvgIpc) is 2.61. The minimum atomic E-state index is 0.164. The third-order valence-electron chi connectivity index (χ3n) is 4.55. The van der Waals surface area contributed by atoms with Gasteiger partial charge in [-0.2, -0.15) is 0 Å². The van der Waals surface area contributed by atoms with Crippen molar-refractivity contribution in [2.75, 3.05) is 46.9 Å². The van der Waals surface area contributed by atoms with Crippen LogP contribution in [0.3, 0.4) is 0 Å². The number of aliphatic hydroxyl groups excluding tert-OH is 1. The molecule has 0 aromatic heterocycles. The molecule has 1 aliphatic carbocycles. The maximum atomic E-state index is 9.99. The van der Waals surface area contributed by atoms with Crippen molar-refractivity contribution in [3.8, 4) is 0 Å². The van der Waals surface area contributed by atoms with Crippen LogP contribution < -0.4 is 0 Å². The van der Waals surface area contributed by atoms with Gasteiger partial charge in [-0.3, -0.25) is 0 Å². The van der Waals surface area contributed by atoms with E-state index in [0.717, 1.165) is 26.2 Å². The van der Waals surface area contributed by atoms with E-state index < -0.39 is 0 Å². The molecule has 20 heavy (non-hydrogen) atoms. The summed E-state index contributed by atoms with van der Waals surface area (Å²) in [6.45, 7) is 9.40. The molecule has 0 amide bonds. The summed E-state index contributed by atoms with van der Waals surface area (Å²) in [6.07, 6.45) is 7.71. The summed E-state index contributed by atoms with van der Waals surface area (Å²) in [5, 5.41) is 9.99. The van der Waals surface area contributed by atoms with Gasteiger partial charge < -0.3 is 14.9 Å². The molecular formula is C17H36N2O. The molecule has 1 fully saturated rings. The first-order valence-corrected chi connectivity index (χ1v) is 8.45. The van der Waals surface area contributed by atoms with Crippen LogP contribution in [0.15, 0.2) is 0 Å². The minimum Gasteiger partial charge on any atom is -0.396 e. The van der Waals surface area contributed by atoms with Crippen molar-refractivity contribution in [3.05, 3.63) is 0 Å². The second kappa shape index (κ2) is 9.01. The summed E-state index contributed by atoms with van der Waals surface area (Å²) in [4.78, 5) is 4.85. The number of aliphatic hydroxyl groups is 1. The molecule has 0 spiro atoms. The Balaban J connectivity index is 2.62. The van der Waals surface area contributed by atoms with Crippen molar-refractivity contribution in [1.82, 2.24) is 9.80 Å². The van der Waals surface area contributed by atoms with Gasteiger partial charge in [0.2, 0.25) is 0 Å². The molecule has 120 valence electrons. The topological polar surface area (TPSA) is 26.7 Å². The summed E-state index contributed by atoms with van der Waals surface area (Å²) in [5.74, 6) is 0.693. The van der Waals surface area contributed by atoms with E-state index in [2.05, 4.69) is 37.7 Å². The van der Waals surface area contributed by atoms with E-state index >= 15 is 0 Å². The van der Waals surface area contributed by atoms with Crippen molar-refractivity contribution in [1.29, 1.82) is 0 Å². The Kier molecular flexibility index (Phi) is 8.08. The van der Waals surface area contributed by atoms with E-state index in [4.69, 9.17) is 0 Å². The number of rotatable bonds is 8. The van der Waals surface area contributed by atoms with E-state index in [1.807, 2.05) is 0 Å². The fourth-order valence-corrected chi connectivity index (χ4v) is 3.41. The fraction of sp³-hybridized carbons (Fsp3) is 1.00. The average molecular weight is 284 g/mol. The van der Waals surface area contributed by atoms with Gasteiger partial charge in [-0.15, -0.1) is 0 Å². The van der Waals surface area contributed by atoms with Gasteiger partial charge >= 0.3 is 0 Å². The fourth-order valence-electron chi connectivity index (χ4n) is 3.41. The highest BCUT2D eigenvalue weighted by Gasteiger charge is 2.32. The number of nitrogens with zero attached hydrogens (tertiary/aromatic N) is 2. The van der Waals surface area contributed by atoms with E-state index in [1.54, 1.807) is 0 Å². The lowest BCUT2D eigenvalue weighted by atomic mass is 9.80. The Morgan fingerprint density at radius 3 is 2.05 bits per heavy atom. The minimum absolute atomic E-state index is 0.164. The molecule has 1 aliphatic rings. The molecule has 3 nitrogen and oxygen atoms in total. The zero-order valence-electron chi connectivity index (χ0n) is 14.2. The molecule has 3 heteroatoms. The van der Waals surface area contributed by atoms with E-state index in [9.17, 15) is 5.11 Å². The van der Waals surface area contributed by atoms with E-state index in [1.165, 1.54) is 38.5 Å². The first-order chi connectivity index (χ1) is 9.47. The normalized spacial score (nSPS) is 19.8. The van der Waals surface area contributed by atoms with Crippen molar-refractivity contribution in [2.24, 2.45) is 11.3 Å². The molecule has 0 aromatic carbocycles. The zero-order chi connectivity index (χ0) is 15.0. The lowest BCUT2D eigenvalue weighted by Gasteiger charge is -2.38. The summed E-state index contributed by atoms with van der Waals surface area (Å²) < 4.78 is 0. The van der Waals surface area contributed by atoms with Crippen LogP contribution in [-0.4, -0.2) is 61.8 Å². The van der Waals surface area contributed by atoms with Gasteiger partial charge in [0, 0.05) is 38.2 Å². The van der Waals surface area contributed by atoms with E-state index in [-0.39, 0.29) is 5.41 Å². The molecule has 0 atom stereocenters. The summed E-state index contributed by atoms with van der Waals surface area (Å²) in [5.41, 5.74) is 0.164. The molecule has 1 rings (SSSR count). The van der Waals surface area contributed by atoms with Gasteiger partial charge in [0.05, 0.1) is 0 Å². The first kappa shape index (κ1) is 17.9. The van der Waals surface area contributed by atoms with Gasteiger partial charge in [0.1, 0.15) is 0 Å². The smallest absolute Gasteiger partial charge is 0.0499 e. The second-order valence-corrected chi connectivity index (χ2v) is 7.50. The van der Waals surface area contributed by atoms with Gasteiger partial charge in [0.15, 0.2) is 0 Å². The summed E-state index contributed by atoms with van der Waals surface area (Å²) in [7, 11) is 4.28. The molecular weight excluding hydrogens is 248 g/mol. The molecule has 0 heterocycles. The molecule has 1 N–H and O–H groups in total. The van der Waals surface area contributed by atoms with Crippen LogP contribution in [0.25, 0.3) is 0 Å². The number of hydrogen-bond donors (Lipinski definition) is 1. The monoisotopic (exact) mass is 284 g/mol. The lowest BCUT2D eigenvalue weighted by molar-refractivity contribution is 0.0523. The van der Waals surface area contributed by atoms with Gasteiger partial charge in [-0.25, -0.2) is 0 Å². The predicted molar refractivity (Wildman–Crippen MR) is 87.1 cm³/mol. The van der Waals surface area contributed by atoms with E-state index in [0.29, 0.717) is 12.5 Å². The summed E-state index contributed by atoms with van der Waals surface area (Å²) >= 11 is 0. The third-order valence-corrected chi connectivity index (χ3v) is 4.55. The predicted octanol–water partition coefficient (Wildman–Crippen LogP) is 2.84. The molecule has 0 radical (unpaired) electrons. The second-order valence-electron chi connectivity index (χ2n) is 7.50. The Hall–Kier alpha value is -0.120. The van der Waals surface area contributed by atoms with Gasteiger partial charge in [-0.1, -0.05) is 39.5 Å². The van der Waals surface area contributed by atoms with Crippen molar-refractivity contribution in [3.63, 3.8) is 0 Å². The highest BCUT2D eigenvalue weighted by molar-refractivity contribution is 4.85. The number of hydrogen-bond acceptors (Lipinski definition) is 3. The van der Waals surface area contributed by atoms with Crippen LogP contribution >= 0.6 is 0 Å². The highest BCUT2D eigenvalue weighted by Crippen LogP contribution is 2.35. The molecule has 0 bridgehead atoms. The largest absolute Gasteiger partial charge is 0.396 e. The van der Waals surface area contributed by atoms with Crippen molar-refractivity contribution < 1.29 is 5.11 Å². The summed E-state index contributed by atoms with van der Waals surface area (Å²) in [6, 6.07) is 0. The Morgan fingerprint density at radius 2 is 1.60 bits per heavy atom. The molecule has 0 saturated heterocycles. The van der Waals surface area contributed by atoms with Crippen LogP contribution in [0, 0.1) is 11.3 Å². The van der Waals surface area contributed by atoms with Crippen molar-refractivity contribution >= 4 is 0 Å². The Bertz CT molecular complexity index is 245. The SMILES string of the molecule is CC(C)CN(CCN(C)C)CC1(CO)CCCCCC1. The van der Waals surface area contributed by atoms with Crippen LogP contribution in [0.5, 0.6) is 0 Å². The maximum Gasteiger partial charge on any atom is 0.0499 e. The number of likely N-dealkylation sites (N-methyl/N-ethyl adjacent to an activating group) is 1. The standard InChI is InChI=1S/C17H36N2O/c1-16(2)13-19(12-11-18(3)4)14-17(15-20)9-7-5-6-8-10-17/h16,20H,5-15H2,1-4H3. The molecule has 0 aliphatic heterocycles. The molecule has 1 saturated carbocycles. The van der Waals surface area contributed by atoms with Crippen LogP contribution in [-0.2, 0) is 0 Å². The van der Waals surface area contributed by atoms with Crippen molar-refractivity contribution in [2.45, 2.75) is 52.4 Å². The van der Waals surface area contributed by atoms with Crippen LogP contribution in [0.4, 0.5) is 0 Å². The maximum absolute atomic E-state index is 9.99. The Labute approximate surface area is 126 Å². The molecule has 0 unspecified atom stereocenters.